The fourth-order valence-corrected chi connectivity index (χ4v) is 9.18. The first-order valence-electron chi connectivity index (χ1n) is 30.8. The number of hydrogen-bond donors (Lipinski definition) is 2. The van der Waals surface area contributed by atoms with E-state index in [0.29, 0.717) is 19.3 Å². The van der Waals surface area contributed by atoms with Gasteiger partial charge in [-0.15, -0.1) is 0 Å². The summed E-state index contributed by atoms with van der Waals surface area (Å²) in [6, 6.07) is 0. The van der Waals surface area contributed by atoms with Crippen LogP contribution in [-0.2, 0) is 42.2 Å². The van der Waals surface area contributed by atoms with E-state index in [4.69, 9.17) is 23.3 Å². The predicted octanol–water partition coefficient (Wildman–Crippen LogP) is 18.5. The quantitative estimate of drug-likeness (QED) is 0.0197. The van der Waals surface area contributed by atoms with E-state index in [9.17, 15) is 28.9 Å². The van der Waals surface area contributed by atoms with Gasteiger partial charge in [0.15, 0.2) is 6.10 Å². The second-order valence-electron chi connectivity index (χ2n) is 20.5. The minimum Gasteiger partial charge on any atom is -0.462 e. The average molecular weight is 1090 g/mol. The fraction of sp³-hybridized carbons (Fsp3) is 0.766. The number of rotatable bonds is 57. The summed E-state index contributed by atoms with van der Waals surface area (Å²) in [6.45, 7) is 4.48. The highest BCUT2D eigenvalue weighted by molar-refractivity contribution is 7.47. The molecule has 0 saturated heterocycles. The van der Waals surface area contributed by atoms with E-state index in [-0.39, 0.29) is 25.9 Å². The van der Waals surface area contributed by atoms with Gasteiger partial charge in [-0.2, -0.15) is 0 Å². The molecule has 440 valence electrons. The number of ether oxygens (including phenoxy) is 3. The molecule has 0 heterocycles. The van der Waals surface area contributed by atoms with Gasteiger partial charge in [-0.1, -0.05) is 222 Å². The standard InChI is InChI=1S/C64H113O11P/c1-4-7-10-13-16-19-22-25-27-29-30-32-34-37-40-43-46-49-52-55-64(68)75-61(57-71-62(66)53-50-47-44-41-38-36-33-31-28-26-23-20-17-14-11-8-5-2)59-73-76(69,70)72-58-60(56-65)74-63(67)54-51-48-45-42-39-35-24-21-18-15-12-9-6-3/h9,12,17-18,20-21,25-28,35,39,60-61,65H,4-8,10-11,13-16,19,22-24,29-34,36-38,40-59H2,1-3H3,(H,69,70)/b12-9-,20-17-,21-18-,27-25-,28-26-,39-35-. The average Bonchev–Trinajstić information content (AvgIpc) is 3.41. The maximum absolute atomic E-state index is 12.9. The second kappa shape index (κ2) is 58.1. The van der Waals surface area contributed by atoms with Crippen LogP contribution in [0.4, 0.5) is 0 Å². The Balaban J connectivity index is 4.74. The monoisotopic (exact) mass is 1090 g/mol. The molecule has 0 aliphatic heterocycles. The van der Waals surface area contributed by atoms with Crippen LogP contribution in [0.1, 0.15) is 278 Å². The van der Waals surface area contributed by atoms with Crippen molar-refractivity contribution in [2.75, 3.05) is 26.4 Å². The van der Waals surface area contributed by atoms with E-state index in [1.54, 1.807) is 0 Å². The van der Waals surface area contributed by atoms with Gasteiger partial charge in [0.25, 0.3) is 0 Å². The van der Waals surface area contributed by atoms with Crippen LogP contribution in [0, 0.1) is 0 Å². The molecule has 0 aromatic carbocycles. The first-order valence-corrected chi connectivity index (χ1v) is 32.3. The summed E-state index contributed by atoms with van der Waals surface area (Å²) in [5, 5.41) is 9.82. The second-order valence-corrected chi connectivity index (χ2v) is 21.9. The van der Waals surface area contributed by atoms with Crippen molar-refractivity contribution >= 4 is 25.7 Å². The molecule has 0 fully saturated rings. The van der Waals surface area contributed by atoms with Crippen molar-refractivity contribution in [1.82, 2.24) is 0 Å². The molecule has 76 heavy (non-hydrogen) atoms. The number of hydrogen-bond acceptors (Lipinski definition) is 10. The molecule has 0 aliphatic rings. The van der Waals surface area contributed by atoms with Gasteiger partial charge in [0.1, 0.15) is 12.7 Å². The lowest BCUT2D eigenvalue weighted by Gasteiger charge is -2.21. The Bertz CT molecular complexity index is 1550. The van der Waals surface area contributed by atoms with Crippen LogP contribution in [0.3, 0.4) is 0 Å². The maximum atomic E-state index is 12.9. The molecule has 0 aromatic heterocycles. The molecule has 0 rings (SSSR count). The molecule has 0 bridgehead atoms. The van der Waals surface area contributed by atoms with E-state index < -0.39 is 57.8 Å². The number of aliphatic hydroxyl groups is 1. The normalized spacial score (nSPS) is 13.8. The van der Waals surface area contributed by atoms with Gasteiger partial charge in [0, 0.05) is 19.3 Å². The lowest BCUT2D eigenvalue weighted by molar-refractivity contribution is -0.161. The molecule has 3 atom stereocenters. The minimum atomic E-state index is -4.76. The van der Waals surface area contributed by atoms with E-state index in [1.807, 2.05) is 0 Å². The van der Waals surface area contributed by atoms with Crippen LogP contribution in [0.15, 0.2) is 72.9 Å². The molecule has 0 saturated carbocycles. The molecule has 0 aliphatic carbocycles. The molecule has 3 unspecified atom stereocenters. The Morgan fingerprint density at radius 3 is 1.11 bits per heavy atom. The molecule has 0 radical (unpaired) electrons. The molecule has 0 amide bonds. The third kappa shape index (κ3) is 55.7. The molecule has 0 aromatic rings. The van der Waals surface area contributed by atoms with Crippen LogP contribution in [0.2, 0.25) is 0 Å². The lowest BCUT2D eigenvalue weighted by atomic mass is 10.1. The highest BCUT2D eigenvalue weighted by Gasteiger charge is 2.28. The van der Waals surface area contributed by atoms with E-state index in [1.165, 1.54) is 128 Å². The summed E-state index contributed by atoms with van der Waals surface area (Å²) in [5.41, 5.74) is 0. The molecule has 0 spiro atoms. The van der Waals surface area contributed by atoms with Crippen molar-refractivity contribution in [2.45, 2.75) is 290 Å². The highest BCUT2D eigenvalue weighted by atomic mass is 31.2. The van der Waals surface area contributed by atoms with Crippen LogP contribution in [0.25, 0.3) is 0 Å². The van der Waals surface area contributed by atoms with Crippen LogP contribution in [0.5, 0.6) is 0 Å². The van der Waals surface area contributed by atoms with Gasteiger partial charge < -0.3 is 24.2 Å². The molecular formula is C64H113O11P. The Labute approximate surface area is 465 Å². The smallest absolute Gasteiger partial charge is 0.462 e. The number of esters is 3. The topological polar surface area (TPSA) is 155 Å². The van der Waals surface area contributed by atoms with Crippen molar-refractivity contribution in [3.8, 4) is 0 Å². The maximum Gasteiger partial charge on any atom is 0.472 e. The molecule has 12 heteroatoms. The zero-order chi connectivity index (χ0) is 55.5. The predicted molar refractivity (Wildman–Crippen MR) is 316 cm³/mol. The van der Waals surface area contributed by atoms with E-state index >= 15 is 0 Å². The van der Waals surface area contributed by atoms with E-state index in [0.717, 1.165) is 89.9 Å². The van der Waals surface area contributed by atoms with Crippen LogP contribution < -0.4 is 0 Å². The number of phosphoric ester groups is 1. The number of unbranched alkanes of at least 4 members (excludes halogenated alkanes) is 28. The molecule has 11 nitrogen and oxygen atoms in total. The summed E-state index contributed by atoms with van der Waals surface area (Å²) in [6.07, 6.45) is 65.7. The minimum absolute atomic E-state index is 0.140. The Kier molecular flexibility index (Phi) is 55.7. The number of allylic oxidation sites excluding steroid dienone is 12. The lowest BCUT2D eigenvalue weighted by Crippen LogP contribution is -2.30. The summed E-state index contributed by atoms with van der Waals surface area (Å²) in [7, 11) is -4.76. The summed E-state index contributed by atoms with van der Waals surface area (Å²) in [4.78, 5) is 48.6. The van der Waals surface area contributed by atoms with Crippen molar-refractivity contribution in [1.29, 1.82) is 0 Å². The molecular weight excluding hydrogens is 976 g/mol. The van der Waals surface area contributed by atoms with Crippen molar-refractivity contribution in [2.24, 2.45) is 0 Å². The third-order valence-corrected chi connectivity index (χ3v) is 14.0. The largest absolute Gasteiger partial charge is 0.472 e. The van der Waals surface area contributed by atoms with Gasteiger partial charge in [-0.3, -0.25) is 23.4 Å². The van der Waals surface area contributed by atoms with Gasteiger partial charge in [-0.25, -0.2) is 4.57 Å². The number of carbonyl (C=O) groups is 3. The number of aliphatic hydroxyl groups excluding tert-OH is 1. The van der Waals surface area contributed by atoms with Crippen molar-refractivity contribution in [3.05, 3.63) is 72.9 Å². The van der Waals surface area contributed by atoms with Gasteiger partial charge in [0.05, 0.1) is 19.8 Å². The first-order chi connectivity index (χ1) is 37.2. The van der Waals surface area contributed by atoms with Gasteiger partial charge >= 0.3 is 25.7 Å². The number of phosphoric acid groups is 1. The fourth-order valence-electron chi connectivity index (χ4n) is 8.40. The number of carbonyl (C=O) groups excluding carboxylic acids is 3. The van der Waals surface area contributed by atoms with Crippen molar-refractivity contribution < 1.29 is 52.2 Å². The van der Waals surface area contributed by atoms with E-state index in [2.05, 4.69) is 93.7 Å². The van der Waals surface area contributed by atoms with Gasteiger partial charge in [0.2, 0.25) is 0 Å². The van der Waals surface area contributed by atoms with Crippen molar-refractivity contribution in [3.63, 3.8) is 0 Å². The first kappa shape index (κ1) is 72.9. The highest BCUT2D eigenvalue weighted by Crippen LogP contribution is 2.43. The van der Waals surface area contributed by atoms with Crippen LogP contribution in [-0.4, -0.2) is 66.5 Å². The third-order valence-electron chi connectivity index (χ3n) is 13.1. The summed E-state index contributed by atoms with van der Waals surface area (Å²) >= 11 is 0. The molecule has 2 N–H and O–H groups in total. The Morgan fingerprint density at radius 1 is 0.382 bits per heavy atom. The Morgan fingerprint density at radius 2 is 0.684 bits per heavy atom. The van der Waals surface area contributed by atoms with Gasteiger partial charge in [-0.05, 0) is 109 Å². The zero-order valence-electron chi connectivity index (χ0n) is 48.7. The zero-order valence-corrected chi connectivity index (χ0v) is 49.6. The summed E-state index contributed by atoms with van der Waals surface area (Å²) < 4.78 is 39.6. The van der Waals surface area contributed by atoms with Crippen LogP contribution >= 0.6 is 7.82 Å². The summed E-state index contributed by atoms with van der Waals surface area (Å²) in [5.74, 6) is -1.50. The Hall–Kier alpha value is -3.08. The SMILES string of the molecule is CC/C=C\C/C=C\C/C=C\CCCCCC(=O)OC(CO)COP(=O)(O)OCC(COC(=O)CCCCCCCCC/C=C\C/C=C\CCCCC)OC(=O)CCCCCCCCCCC/C=C\CCCCCCCC.